The fraction of sp³-hybridized carbons (Fsp3) is 0.769. The van der Waals surface area contributed by atoms with Crippen LogP contribution in [0.2, 0.25) is 0 Å². The van der Waals surface area contributed by atoms with Crippen molar-refractivity contribution in [2.45, 2.75) is 12.6 Å². The van der Waals surface area contributed by atoms with Crippen LogP contribution in [0.3, 0.4) is 0 Å². The minimum atomic E-state index is 0.499. The summed E-state index contributed by atoms with van der Waals surface area (Å²) >= 11 is 0. The molecule has 2 bridgehead atoms. The third kappa shape index (κ3) is 2.43. The number of hydrogen-bond donors (Lipinski definition) is 0. The number of aromatic nitrogens is 2. The Bertz CT molecular complexity index is 405. The number of nitrogens with zero attached hydrogens (tertiary/aromatic N) is 4. The van der Waals surface area contributed by atoms with E-state index in [0.717, 1.165) is 45.2 Å². The van der Waals surface area contributed by atoms with E-state index in [1.807, 2.05) is 12.4 Å². The third-order valence-corrected chi connectivity index (χ3v) is 4.03. The van der Waals surface area contributed by atoms with Crippen LogP contribution >= 0.6 is 0 Å². The SMILES string of the molecule is CN1C[C@@H]2COC[C@H](C1)N(Cc1nccn1C)C2. The van der Waals surface area contributed by atoms with Gasteiger partial charge < -0.3 is 14.2 Å². The van der Waals surface area contributed by atoms with Gasteiger partial charge in [-0.2, -0.15) is 0 Å². The molecule has 0 spiro atoms. The summed E-state index contributed by atoms with van der Waals surface area (Å²) in [6.07, 6.45) is 3.89. The van der Waals surface area contributed by atoms with Crippen molar-refractivity contribution in [2.75, 3.05) is 39.9 Å². The molecule has 5 nitrogen and oxygen atoms in total. The predicted molar refractivity (Wildman–Crippen MR) is 69.2 cm³/mol. The monoisotopic (exact) mass is 250 g/mol. The molecule has 0 amide bonds. The van der Waals surface area contributed by atoms with Crippen LogP contribution in [0.5, 0.6) is 0 Å². The molecule has 0 saturated carbocycles. The Kier molecular flexibility index (Phi) is 3.37. The molecule has 100 valence electrons. The summed E-state index contributed by atoms with van der Waals surface area (Å²) in [6.45, 7) is 6.06. The molecule has 0 unspecified atom stereocenters. The van der Waals surface area contributed by atoms with Crippen molar-refractivity contribution in [1.82, 2.24) is 19.4 Å². The Morgan fingerprint density at radius 3 is 2.94 bits per heavy atom. The summed E-state index contributed by atoms with van der Waals surface area (Å²) in [5.74, 6) is 1.77. The Hall–Kier alpha value is -0.910. The van der Waals surface area contributed by atoms with Gasteiger partial charge in [0.15, 0.2) is 0 Å². The van der Waals surface area contributed by atoms with Crippen LogP contribution in [-0.4, -0.2) is 65.3 Å². The van der Waals surface area contributed by atoms with Gasteiger partial charge >= 0.3 is 0 Å². The number of fused-ring (bicyclic) bond motifs is 3. The van der Waals surface area contributed by atoms with Crippen LogP contribution in [0.15, 0.2) is 12.4 Å². The van der Waals surface area contributed by atoms with Crippen molar-refractivity contribution in [3.63, 3.8) is 0 Å². The highest BCUT2D eigenvalue weighted by Crippen LogP contribution is 2.20. The van der Waals surface area contributed by atoms with Crippen molar-refractivity contribution >= 4 is 0 Å². The summed E-state index contributed by atoms with van der Waals surface area (Å²) in [5, 5.41) is 0. The molecule has 2 fully saturated rings. The van der Waals surface area contributed by atoms with Crippen LogP contribution in [0.25, 0.3) is 0 Å². The van der Waals surface area contributed by atoms with Gasteiger partial charge in [0.25, 0.3) is 0 Å². The second-order valence-electron chi connectivity index (χ2n) is 5.66. The highest BCUT2D eigenvalue weighted by atomic mass is 16.5. The normalized spacial score (nSPS) is 30.3. The van der Waals surface area contributed by atoms with Crippen molar-refractivity contribution in [2.24, 2.45) is 13.0 Å². The number of imidazole rings is 1. The number of likely N-dealkylation sites (N-methyl/N-ethyl adjacent to an activating group) is 1. The van der Waals surface area contributed by atoms with Crippen molar-refractivity contribution < 1.29 is 4.74 Å². The van der Waals surface area contributed by atoms with E-state index in [4.69, 9.17) is 4.74 Å². The van der Waals surface area contributed by atoms with Gasteiger partial charge in [-0.15, -0.1) is 0 Å². The van der Waals surface area contributed by atoms with E-state index >= 15 is 0 Å². The molecule has 2 aliphatic heterocycles. The second kappa shape index (κ2) is 4.99. The molecule has 0 aromatic carbocycles. The van der Waals surface area contributed by atoms with Gasteiger partial charge in [-0.3, -0.25) is 4.90 Å². The molecule has 0 radical (unpaired) electrons. The first-order valence-electron chi connectivity index (χ1n) is 6.69. The van der Waals surface area contributed by atoms with Crippen LogP contribution in [0.4, 0.5) is 0 Å². The molecular weight excluding hydrogens is 228 g/mol. The first-order valence-corrected chi connectivity index (χ1v) is 6.69. The van der Waals surface area contributed by atoms with Crippen molar-refractivity contribution in [3.8, 4) is 0 Å². The molecular formula is C13H22N4O. The lowest BCUT2D eigenvalue weighted by molar-refractivity contribution is 0.0556. The van der Waals surface area contributed by atoms with Gasteiger partial charge in [0.2, 0.25) is 0 Å². The molecule has 3 rings (SSSR count). The summed E-state index contributed by atoms with van der Waals surface area (Å²) in [7, 11) is 4.28. The lowest BCUT2D eigenvalue weighted by Crippen LogP contribution is -2.42. The third-order valence-electron chi connectivity index (χ3n) is 4.03. The van der Waals surface area contributed by atoms with E-state index in [9.17, 15) is 0 Å². The minimum Gasteiger partial charge on any atom is -0.379 e. The molecule has 2 aliphatic rings. The van der Waals surface area contributed by atoms with Crippen molar-refractivity contribution in [1.29, 1.82) is 0 Å². The zero-order chi connectivity index (χ0) is 12.5. The summed E-state index contributed by atoms with van der Waals surface area (Å²) in [6, 6.07) is 0.499. The van der Waals surface area contributed by atoms with E-state index in [1.165, 1.54) is 0 Å². The average molecular weight is 250 g/mol. The molecule has 5 heteroatoms. The molecule has 1 aromatic heterocycles. The van der Waals surface area contributed by atoms with Gasteiger partial charge in [0.05, 0.1) is 19.8 Å². The highest BCUT2D eigenvalue weighted by Gasteiger charge is 2.32. The van der Waals surface area contributed by atoms with E-state index in [2.05, 4.69) is 33.4 Å². The van der Waals surface area contributed by atoms with Crippen molar-refractivity contribution in [3.05, 3.63) is 18.2 Å². The Labute approximate surface area is 108 Å². The molecule has 3 heterocycles. The van der Waals surface area contributed by atoms with Crippen LogP contribution in [-0.2, 0) is 18.3 Å². The zero-order valence-electron chi connectivity index (χ0n) is 11.2. The van der Waals surface area contributed by atoms with Gasteiger partial charge in [-0.1, -0.05) is 0 Å². The standard InChI is InChI=1S/C13H22N4O/c1-15-5-11-6-17(12(7-15)10-18-9-11)8-13-14-3-4-16(13)2/h3-4,11-12H,5-10H2,1-2H3/t11-,12-/m0/s1. The molecule has 2 atom stereocenters. The maximum absolute atomic E-state index is 5.79. The van der Waals surface area contributed by atoms with E-state index < -0.39 is 0 Å². The molecule has 0 aliphatic carbocycles. The largest absolute Gasteiger partial charge is 0.379 e. The van der Waals surface area contributed by atoms with Crippen LogP contribution in [0.1, 0.15) is 5.82 Å². The summed E-state index contributed by atoms with van der Waals surface area (Å²) in [5.41, 5.74) is 0. The summed E-state index contributed by atoms with van der Waals surface area (Å²) < 4.78 is 7.90. The lowest BCUT2D eigenvalue weighted by atomic mass is 10.1. The molecule has 1 aromatic rings. The quantitative estimate of drug-likeness (QED) is 0.750. The first kappa shape index (κ1) is 12.1. The zero-order valence-corrected chi connectivity index (χ0v) is 11.2. The Balaban J connectivity index is 1.77. The Morgan fingerprint density at radius 2 is 2.17 bits per heavy atom. The number of hydrogen-bond acceptors (Lipinski definition) is 4. The maximum atomic E-state index is 5.79. The highest BCUT2D eigenvalue weighted by molar-refractivity contribution is 4.94. The molecule has 2 saturated heterocycles. The Morgan fingerprint density at radius 1 is 1.28 bits per heavy atom. The predicted octanol–water partition coefficient (Wildman–Crippen LogP) is 0.183. The first-order chi connectivity index (χ1) is 8.72. The van der Waals surface area contributed by atoms with Gasteiger partial charge in [0.1, 0.15) is 5.82 Å². The van der Waals surface area contributed by atoms with Gasteiger partial charge in [-0.05, 0) is 7.05 Å². The second-order valence-corrected chi connectivity index (χ2v) is 5.66. The number of rotatable bonds is 2. The van der Waals surface area contributed by atoms with Crippen LogP contribution < -0.4 is 0 Å². The summed E-state index contributed by atoms with van der Waals surface area (Å²) in [4.78, 5) is 9.43. The van der Waals surface area contributed by atoms with Crippen LogP contribution in [0, 0.1) is 5.92 Å². The topological polar surface area (TPSA) is 33.5 Å². The lowest BCUT2D eigenvalue weighted by Gasteiger charge is -2.29. The van der Waals surface area contributed by atoms with E-state index in [-0.39, 0.29) is 0 Å². The van der Waals surface area contributed by atoms with E-state index in [1.54, 1.807) is 0 Å². The maximum Gasteiger partial charge on any atom is 0.122 e. The van der Waals surface area contributed by atoms with Gasteiger partial charge in [0, 0.05) is 51.0 Å². The number of ether oxygens (including phenoxy) is 1. The fourth-order valence-electron chi connectivity index (χ4n) is 3.09. The van der Waals surface area contributed by atoms with Gasteiger partial charge in [-0.25, -0.2) is 4.98 Å². The molecule has 0 N–H and O–H groups in total. The average Bonchev–Trinajstić information content (AvgIpc) is 2.53. The van der Waals surface area contributed by atoms with E-state index in [0.29, 0.717) is 12.0 Å². The minimum absolute atomic E-state index is 0.499. The fourth-order valence-corrected chi connectivity index (χ4v) is 3.09. The number of aryl methyl sites for hydroxylation is 1. The molecule has 18 heavy (non-hydrogen) atoms. The smallest absolute Gasteiger partial charge is 0.122 e.